The zero-order valence-electron chi connectivity index (χ0n) is 8.82. The number of anilines is 2. The minimum atomic E-state index is -0.284. The summed E-state index contributed by atoms with van der Waals surface area (Å²) in [5.74, 6) is -0.284. The number of amides is 1. The Hall–Kier alpha value is -2.02. The van der Waals surface area contributed by atoms with Gasteiger partial charge in [0.25, 0.3) is 0 Å². The van der Waals surface area contributed by atoms with Crippen molar-refractivity contribution in [1.29, 1.82) is 5.26 Å². The summed E-state index contributed by atoms with van der Waals surface area (Å²) in [7, 11) is 3.85. The zero-order chi connectivity index (χ0) is 11.3. The molecular weight excluding hydrogens is 190 g/mol. The van der Waals surface area contributed by atoms with Crippen molar-refractivity contribution in [2.75, 3.05) is 24.3 Å². The number of carbonyl (C=O) groups excluding carboxylic acids is 1. The van der Waals surface area contributed by atoms with Crippen LogP contribution in [0.15, 0.2) is 24.3 Å². The van der Waals surface area contributed by atoms with E-state index in [2.05, 4.69) is 5.32 Å². The predicted molar refractivity (Wildman–Crippen MR) is 59.6 cm³/mol. The monoisotopic (exact) mass is 203 g/mol. The molecule has 1 rings (SSSR count). The molecule has 15 heavy (non-hydrogen) atoms. The summed E-state index contributed by atoms with van der Waals surface area (Å²) in [6.45, 7) is 0. The fourth-order valence-electron chi connectivity index (χ4n) is 1.14. The highest BCUT2D eigenvalue weighted by atomic mass is 16.1. The lowest BCUT2D eigenvalue weighted by Gasteiger charge is -2.13. The van der Waals surface area contributed by atoms with E-state index in [4.69, 9.17) is 5.26 Å². The van der Waals surface area contributed by atoms with Crippen LogP contribution in [-0.4, -0.2) is 20.0 Å². The first-order valence-corrected chi connectivity index (χ1v) is 4.57. The lowest BCUT2D eigenvalue weighted by Crippen LogP contribution is -2.12. The Morgan fingerprint density at radius 1 is 1.53 bits per heavy atom. The minimum absolute atomic E-state index is 0.119. The third-order valence-corrected chi connectivity index (χ3v) is 1.89. The number of rotatable bonds is 3. The summed E-state index contributed by atoms with van der Waals surface area (Å²) in [6.07, 6.45) is -0.119. The summed E-state index contributed by atoms with van der Waals surface area (Å²) in [6, 6.07) is 9.26. The SMILES string of the molecule is CN(C)c1cccc(NC(=O)CC#N)c1. The van der Waals surface area contributed by atoms with E-state index in [1.165, 1.54) is 0 Å². The molecule has 0 fully saturated rings. The number of nitrogens with one attached hydrogen (secondary N) is 1. The van der Waals surface area contributed by atoms with Crippen molar-refractivity contribution < 1.29 is 4.79 Å². The normalized spacial score (nSPS) is 9.13. The lowest BCUT2D eigenvalue weighted by atomic mass is 10.2. The van der Waals surface area contributed by atoms with Gasteiger partial charge in [-0.25, -0.2) is 0 Å². The van der Waals surface area contributed by atoms with Crippen molar-refractivity contribution >= 4 is 17.3 Å². The van der Waals surface area contributed by atoms with E-state index in [1.54, 1.807) is 12.1 Å². The van der Waals surface area contributed by atoms with Crippen LogP contribution in [0.3, 0.4) is 0 Å². The maximum Gasteiger partial charge on any atom is 0.238 e. The summed E-state index contributed by atoms with van der Waals surface area (Å²) < 4.78 is 0. The van der Waals surface area contributed by atoms with Gasteiger partial charge in [0.15, 0.2) is 0 Å². The molecule has 0 aromatic heterocycles. The lowest BCUT2D eigenvalue weighted by molar-refractivity contribution is -0.115. The molecule has 0 heterocycles. The van der Waals surface area contributed by atoms with Crippen molar-refractivity contribution in [2.24, 2.45) is 0 Å². The fourth-order valence-corrected chi connectivity index (χ4v) is 1.14. The fraction of sp³-hybridized carbons (Fsp3) is 0.273. The zero-order valence-corrected chi connectivity index (χ0v) is 8.82. The Morgan fingerprint density at radius 2 is 2.27 bits per heavy atom. The Labute approximate surface area is 89.1 Å². The second kappa shape index (κ2) is 5.01. The minimum Gasteiger partial charge on any atom is -0.378 e. The second-order valence-electron chi connectivity index (χ2n) is 3.33. The van der Waals surface area contributed by atoms with Gasteiger partial charge >= 0.3 is 0 Å². The summed E-state index contributed by atoms with van der Waals surface area (Å²) in [4.78, 5) is 13.1. The first kappa shape index (κ1) is 11.1. The third-order valence-electron chi connectivity index (χ3n) is 1.89. The highest BCUT2D eigenvalue weighted by molar-refractivity contribution is 5.92. The van der Waals surface area contributed by atoms with Crippen LogP contribution in [0, 0.1) is 11.3 Å². The Kier molecular flexibility index (Phi) is 3.69. The predicted octanol–water partition coefficient (Wildman–Crippen LogP) is 1.60. The molecule has 0 unspecified atom stereocenters. The van der Waals surface area contributed by atoms with Crippen LogP contribution in [-0.2, 0) is 4.79 Å². The van der Waals surface area contributed by atoms with Gasteiger partial charge in [0.1, 0.15) is 6.42 Å². The van der Waals surface area contributed by atoms with Crippen LogP contribution in [0.25, 0.3) is 0 Å². The molecule has 0 radical (unpaired) electrons. The van der Waals surface area contributed by atoms with Crippen LogP contribution >= 0.6 is 0 Å². The molecule has 0 spiro atoms. The van der Waals surface area contributed by atoms with Crippen LogP contribution in [0.4, 0.5) is 11.4 Å². The highest BCUT2D eigenvalue weighted by Crippen LogP contribution is 2.17. The standard InChI is InChI=1S/C11H13N3O/c1-14(2)10-5-3-4-9(8-10)13-11(15)6-7-12/h3-5,8H,6H2,1-2H3,(H,13,15). The summed E-state index contributed by atoms with van der Waals surface area (Å²) >= 11 is 0. The van der Waals surface area contributed by atoms with Crippen molar-refractivity contribution in [3.05, 3.63) is 24.3 Å². The van der Waals surface area contributed by atoms with Gasteiger partial charge in [-0.2, -0.15) is 5.26 Å². The quantitative estimate of drug-likeness (QED) is 0.811. The van der Waals surface area contributed by atoms with Crippen LogP contribution in [0.5, 0.6) is 0 Å². The van der Waals surface area contributed by atoms with Gasteiger partial charge in [-0.3, -0.25) is 4.79 Å². The van der Waals surface area contributed by atoms with Gasteiger partial charge in [0.05, 0.1) is 6.07 Å². The summed E-state index contributed by atoms with van der Waals surface area (Å²) in [5, 5.41) is 11.0. The molecule has 4 heteroatoms. The van der Waals surface area contributed by atoms with Crippen molar-refractivity contribution in [1.82, 2.24) is 0 Å². The molecule has 1 N–H and O–H groups in total. The number of nitrogens with zero attached hydrogens (tertiary/aromatic N) is 2. The van der Waals surface area contributed by atoms with Crippen LogP contribution in [0.1, 0.15) is 6.42 Å². The van der Waals surface area contributed by atoms with E-state index in [-0.39, 0.29) is 12.3 Å². The molecule has 78 valence electrons. The molecule has 0 bridgehead atoms. The number of carbonyl (C=O) groups is 1. The van der Waals surface area contributed by atoms with Gasteiger partial charge in [-0.05, 0) is 18.2 Å². The smallest absolute Gasteiger partial charge is 0.238 e. The van der Waals surface area contributed by atoms with E-state index in [9.17, 15) is 4.79 Å². The van der Waals surface area contributed by atoms with Crippen molar-refractivity contribution in [2.45, 2.75) is 6.42 Å². The largest absolute Gasteiger partial charge is 0.378 e. The van der Waals surface area contributed by atoms with Gasteiger partial charge in [0.2, 0.25) is 5.91 Å². The van der Waals surface area contributed by atoms with Crippen LogP contribution < -0.4 is 10.2 Å². The molecule has 0 atom stereocenters. The topological polar surface area (TPSA) is 56.1 Å². The maximum atomic E-state index is 11.1. The molecule has 4 nitrogen and oxygen atoms in total. The van der Waals surface area contributed by atoms with E-state index in [0.717, 1.165) is 5.69 Å². The molecule has 0 aliphatic carbocycles. The van der Waals surface area contributed by atoms with Gasteiger partial charge in [-0.1, -0.05) is 6.07 Å². The number of hydrogen-bond donors (Lipinski definition) is 1. The van der Waals surface area contributed by atoms with Crippen LogP contribution in [0.2, 0.25) is 0 Å². The van der Waals surface area contributed by atoms with E-state index >= 15 is 0 Å². The van der Waals surface area contributed by atoms with Gasteiger partial charge in [-0.15, -0.1) is 0 Å². The van der Waals surface area contributed by atoms with Crippen molar-refractivity contribution in [3.8, 4) is 6.07 Å². The van der Waals surface area contributed by atoms with Gasteiger partial charge in [0, 0.05) is 25.5 Å². The number of hydrogen-bond acceptors (Lipinski definition) is 3. The molecule has 1 aromatic carbocycles. The maximum absolute atomic E-state index is 11.1. The van der Waals surface area contributed by atoms with Gasteiger partial charge < -0.3 is 10.2 Å². The first-order chi connectivity index (χ1) is 7.13. The molecule has 1 amide bonds. The molecule has 0 saturated carbocycles. The molecule has 0 saturated heterocycles. The van der Waals surface area contributed by atoms with E-state index < -0.39 is 0 Å². The average Bonchev–Trinajstić information content (AvgIpc) is 2.18. The molecular formula is C11H13N3O. The Morgan fingerprint density at radius 3 is 2.87 bits per heavy atom. The number of benzene rings is 1. The summed E-state index contributed by atoms with van der Waals surface area (Å²) in [5.41, 5.74) is 1.71. The Balaban J connectivity index is 2.74. The molecule has 0 aliphatic heterocycles. The second-order valence-corrected chi connectivity index (χ2v) is 3.33. The Bertz CT molecular complexity index is 393. The van der Waals surface area contributed by atoms with E-state index in [1.807, 2.05) is 37.2 Å². The molecule has 1 aromatic rings. The third kappa shape index (κ3) is 3.31. The average molecular weight is 203 g/mol. The van der Waals surface area contributed by atoms with E-state index in [0.29, 0.717) is 5.69 Å². The molecule has 0 aliphatic rings. The highest BCUT2D eigenvalue weighted by Gasteiger charge is 2.02. The number of nitriles is 1. The van der Waals surface area contributed by atoms with Crippen molar-refractivity contribution in [3.63, 3.8) is 0 Å². The first-order valence-electron chi connectivity index (χ1n) is 4.57.